The number of halogens is 7. The average Bonchev–Trinajstić information content (AvgIpc) is 1.52. The van der Waals surface area contributed by atoms with E-state index in [4.69, 9.17) is 66.7 Å². The normalized spacial score (nSPS) is 31.3. The van der Waals surface area contributed by atoms with Crippen LogP contribution in [0.4, 0.5) is 20.4 Å². The van der Waals surface area contributed by atoms with Crippen LogP contribution >= 0.6 is 58.8 Å². The monoisotopic (exact) mass is 1290 g/mol. The van der Waals surface area contributed by atoms with Crippen molar-refractivity contribution in [2.24, 2.45) is 45.1 Å². The van der Waals surface area contributed by atoms with E-state index in [2.05, 4.69) is 58.3 Å². The molecule has 12 rings (SSSR count). The fourth-order valence-electron chi connectivity index (χ4n) is 16.4. The van der Waals surface area contributed by atoms with Crippen molar-refractivity contribution >= 4 is 94.0 Å². The molecule has 4 aromatic heterocycles. The second-order valence-electron chi connectivity index (χ2n) is 27.1. The summed E-state index contributed by atoms with van der Waals surface area (Å²) in [7, 11) is 0. The summed E-state index contributed by atoms with van der Waals surface area (Å²) in [4.78, 5) is 72.1. The van der Waals surface area contributed by atoms with E-state index in [-0.39, 0.29) is 116 Å². The number of aliphatic carboxylic acids is 1. The molecule has 4 aliphatic carbocycles. The number of nitrogens with one attached hydrogen (secondary N) is 2. The summed E-state index contributed by atoms with van der Waals surface area (Å²) in [6.07, 6.45) is 12.1. The Morgan fingerprint density at radius 3 is 1.47 bits per heavy atom. The van der Waals surface area contributed by atoms with E-state index in [9.17, 15) is 29.4 Å². The maximum atomic E-state index is 16.0. The summed E-state index contributed by atoms with van der Waals surface area (Å²) in [5, 5.41) is 35.0. The van der Waals surface area contributed by atoms with Gasteiger partial charge in [-0.05, 0) is 167 Å². The van der Waals surface area contributed by atoms with Gasteiger partial charge in [0.25, 0.3) is 0 Å². The largest absolute Gasteiger partial charge is 0.481 e. The van der Waals surface area contributed by atoms with Crippen LogP contribution in [0.25, 0.3) is 0 Å². The Morgan fingerprint density at radius 2 is 1.07 bits per heavy atom. The van der Waals surface area contributed by atoms with Crippen LogP contribution in [0.5, 0.6) is 0 Å². The van der Waals surface area contributed by atoms with Crippen LogP contribution in [0.3, 0.4) is 0 Å². The van der Waals surface area contributed by atoms with Crippen molar-refractivity contribution in [1.29, 1.82) is 0 Å². The number of pyridine rings is 4. The summed E-state index contributed by atoms with van der Waals surface area (Å²) in [6.45, 7) is 13.3. The minimum absolute atomic E-state index is 0. The number of hydrogen-bond donors (Lipinski definition) is 6. The van der Waals surface area contributed by atoms with Crippen molar-refractivity contribution in [2.45, 2.75) is 191 Å². The molecule has 7 N–H and O–H groups in total. The fraction of sp³-hybridized carbons (Fsp3) is 0.619. The third-order valence-electron chi connectivity index (χ3n) is 21.0. The summed E-state index contributed by atoms with van der Waals surface area (Å²) >= 11 is 24.7. The first-order valence-corrected chi connectivity index (χ1v) is 31.3. The number of aliphatic hydroxyl groups is 2. The van der Waals surface area contributed by atoms with Crippen LogP contribution in [-0.4, -0.2) is 102 Å². The number of aliphatic hydroxyl groups excluding tert-OH is 2. The predicted molar refractivity (Wildman–Crippen MR) is 326 cm³/mol. The van der Waals surface area contributed by atoms with Gasteiger partial charge in [0.2, 0.25) is 11.8 Å². The molecule has 86 heavy (non-hydrogen) atoms. The number of nitrogens with zero attached hydrogens (tertiary/aromatic N) is 4. The molecule has 4 saturated carbocycles. The van der Waals surface area contributed by atoms with Crippen LogP contribution in [0.2, 0.25) is 20.6 Å². The molecule has 6 fully saturated rings. The van der Waals surface area contributed by atoms with Gasteiger partial charge in [-0.1, -0.05) is 86.2 Å². The van der Waals surface area contributed by atoms with Gasteiger partial charge in [0.15, 0.2) is 21.9 Å². The van der Waals surface area contributed by atoms with E-state index in [1.165, 1.54) is 18.5 Å². The minimum atomic E-state index is -1.31. The molecule has 2 saturated heterocycles. The van der Waals surface area contributed by atoms with Crippen molar-refractivity contribution in [1.82, 2.24) is 19.9 Å². The number of ketones is 1. The Hall–Kier alpha value is -4.21. The van der Waals surface area contributed by atoms with Crippen molar-refractivity contribution in [2.75, 3.05) is 23.8 Å². The first-order valence-electron chi connectivity index (χ1n) is 29.8. The molecule has 0 aromatic carbocycles. The van der Waals surface area contributed by atoms with E-state index < -0.39 is 69.0 Å². The van der Waals surface area contributed by atoms with Gasteiger partial charge in [0.1, 0.15) is 27.7 Å². The van der Waals surface area contributed by atoms with Crippen molar-refractivity contribution in [3.63, 3.8) is 0 Å². The molecule has 0 radical (unpaired) electrons. The fourth-order valence-corrected chi connectivity index (χ4v) is 17.1. The predicted octanol–water partition coefficient (Wildman–Crippen LogP) is 12.5. The number of fused-ring (bicyclic) bond motifs is 6. The van der Waals surface area contributed by atoms with Gasteiger partial charge in [-0.25, -0.2) is 28.7 Å². The Balaban J connectivity index is 0.000000178. The van der Waals surface area contributed by atoms with E-state index >= 15 is 8.78 Å². The molecule has 8 heterocycles. The highest BCUT2D eigenvalue weighted by molar-refractivity contribution is 6.30. The van der Waals surface area contributed by atoms with Crippen molar-refractivity contribution in [3.8, 4) is 0 Å². The van der Waals surface area contributed by atoms with E-state index in [1.54, 1.807) is 38.1 Å². The molecule has 16 nitrogen and oxygen atoms in total. The topological polar surface area (TPSA) is 249 Å². The number of carbonyl (C=O) groups is 4. The molecule has 23 heteroatoms. The summed E-state index contributed by atoms with van der Waals surface area (Å²) in [5.74, 6) is -5.86. The number of rotatable bonds is 8. The quantitative estimate of drug-likeness (QED) is 0.0898. The molecular weight excluding hydrogens is 1210 g/mol. The number of carboxylic acids is 1. The Labute approximate surface area is 527 Å². The van der Waals surface area contributed by atoms with Crippen LogP contribution in [-0.2, 0) is 39.5 Å². The third kappa shape index (κ3) is 11.7. The second kappa shape index (κ2) is 25.2. The lowest BCUT2D eigenvalue weighted by Crippen LogP contribution is -2.52. The van der Waals surface area contributed by atoms with Crippen LogP contribution in [0.15, 0.2) is 48.8 Å². The maximum Gasteiger partial charge on any atom is 0.307 e. The molecular formula is C63H78Cl5F2N7O9. The SMILES string of the molecule is CC(O)[C@@H]1CC[C@@H](CC(=O)[C@@H]2CC3(CCC(C)(C)CC3)[C@@]3(C(=O)Nc4nc(Cl)ccc43)[C@H]2c2ccnc(Cl)c2F)CO1.CC(O)[C@@H]1CC[C@@H](N)CO1.CC1(C)CCC2(CC1)C[C@@H](C(=O)O)[C@H](c1ccnc(Cl)c1F)C21C(=O)Nc2nc(Cl)ccc21.Cl. The lowest BCUT2D eigenvalue weighted by molar-refractivity contribution is -0.142. The van der Waals surface area contributed by atoms with E-state index in [0.717, 1.165) is 57.8 Å². The van der Waals surface area contributed by atoms with Crippen molar-refractivity contribution in [3.05, 3.63) is 103 Å². The smallest absolute Gasteiger partial charge is 0.307 e. The lowest BCUT2D eigenvalue weighted by Gasteiger charge is -2.50. The average molecular weight is 1290 g/mol. The highest BCUT2D eigenvalue weighted by Gasteiger charge is 2.75. The number of hydrogen-bond acceptors (Lipinski definition) is 13. The first kappa shape index (κ1) is 66.2. The first-order chi connectivity index (χ1) is 40.1. The molecule has 3 unspecified atom stereocenters. The Bertz CT molecular complexity index is 3210. The highest BCUT2D eigenvalue weighted by Crippen LogP contribution is 2.74. The standard InChI is InChI=1S/C32H38Cl2FN3O4.C24H24Cl2FN3O3.C7H15NO2.ClH/c1-17(39)23-6-4-18(16-42-23)14-22(40)20-15-31(11-9-30(2,3)10-12-31)32(25(20)19-8-13-36-27(34)26(19)35)21-5-7-24(33)37-28(21)38-29(32)41;1-22(2)6-8-23(9-7-22)11-13(20(31)32)16(12-5-10-28-18(26)17(12)27)24(23)14-3-4-15(25)29-19(14)30-21(24)33;1-5(9)7-3-2-6(8)4-10-7;/h5,7-8,13,17-18,20,23,25,39H,4,6,9-12,14-16H2,1-3H3,(H,37,38,41);3-5,10,13,16H,6-9,11H2,1-2H3,(H,31,32)(H,29,30,33);5-7,9H,2-4,8H2,1H3;1H/t17?,18-,20-,23-,25-,32+;13-,16+,24?;5?,6-,7+;/m011./s1. The van der Waals surface area contributed by atoms with E-state index in [1.807, 2.05) is 6.07 Å². The van der Waals surface area contributed by atoms with Crippen LogP contribution < -0.4 is 16.4 Å². The number of ether oxygens (including phenoxy) is 2. The molecule has 2 amide bonds. The zero-order valence-corrected chi connectivity index (χ0v) is 53.1. The highest BCUT2D eigenvalue weighted by atomic mass is 35.5. The third-order valence-corrected chi connectivity index (χ3v) is 21.9. The summed E-state index contributed by atoms with van der Waals surface area (Å²) in [5.41, 5.74) is 3.52. The van der Waals surface area contributed by atoms with Crippen LogP contribution in [0.1, 0.15) is 172 Å². The Kier molecular flexibility index (Phi) is 19.4. The number of carbonyl (C=O) groups excluding carboxylic acids is 3. The summed E-state index contributed by atoms with van der Waals surface area (Å²) in [6, 6.07) is 10.0. The van der Waals surface area contributed by atoms with Gasteiger partial charge in [0, 0.05) is 53.7 Å². The lowest BCUT2D eigenvalue weighted by atomic mass is 9.51. The molecule has 4 spiro atoms. The van der Waals surface area contributed by atoms with Gasteiger partial charge in [0.05, 0.1) is 54.4 Å². The maximum absolute atomic E-state index is 16.0. The zero-order chi connectivity index (χ0) is 61.3. The number of nitrogens with two attached hydrogens (primary N) is 1. The molecule has 8 aliphatic rings. The van der Waals surface area contributed by atoms with Gasteiger partial charge < -0.3 is 41.2 Å². The number of Topliss-reactive ketones (excluding diaryl/α,β-unsaturated/α-hetero) is 1. The van der Waals surface area contributed by atoms with Crippen molar-refractivity contribution < 1.29 is 52.8 Å². The van der Waals surface area contributed by atoms with E-state index in [0.29, 0.717) is 61.7 Å². The molecule has 0 bridgehead atoms. The number of aromatic nitrogens is 4. The number of anilines is 2. The summed E-state index contributed by atoms with van der Waals surface area (Å²) < 4.78 is 42.6. The number of amides is 2. The molecule has 4 aliphatic heterocycles. The molecule has 12 atom stereocenters. The van der Waals surface area contributed by atoms with Gasteiger partial charge in [-0.15, -0.1) is 12.4 Å². The second-order valence-corrected chi connectivity index (χ2v) is 28.6. The van der Waals surface area contributed by atoms with Crippen LogP contribution in [0, 0.1) is 51.0 Å². The molecule has 4 aromatic rings. The Morgan fingerprint density at radius 1 is 0.651 bits per heavy atom. The molecule has 468 valence electrons. The minimum Gasteiger partial charge on any atom is -0.481 e. The van der Waals surface area contributed by atoms with Gasteiger partial charge in [-0.2, -0.15) is 0 Å². The zero-order valence-electron chi connectivity index (χ0n) is 49.2. The number of carboxylic acid groups (broad SMARTS) is 1. The van der Waals surface area contributed by atoms with Gasteiger partial charge >= 0.3 is 5.97 Å². The van der Waals surface area contributed by atoms with Gasteiger partial charge in [-0.3, -0.25) is 19.2 Å².